The van der Waals surface area contributed by atoms with Gasteiger partial charge in [-0.25, -0.2) is 4.39 Å². The molecule has 0 saturated carbocycles. The van der Waals surface area contributed by atoms with E-state index < -0.39 is 5.41 Å². The van der Waals surface area contributed by atoms with Gasteiger partial charge in [0.2, 0.25) is 0 Å². The van der Waals surface area contributed by atoms with Crippen LogP contribution >= 0.6 is 0 Å². The van der Waals surface area contributed by atoms with Crippen LogP contribution in [0.15, 0.2) is 48.8 Å². The second kappa shape index (κ2) is 11.2. The Morgan fingerprint density at radius 1 is 1.03 bits per heavy atom. The third kappa shape index (κ3) is 6.25. The molecular formula is C25H33FN4O. The van der Waals surface area contributed by atoms with Gasteiger partial charge in [-0.2, -0.15) is 5.26 Å². The molecule has 0 radical (unpaired) electrons. The Bertz CT molecular complexity index is 829. The fourth-order valence-electron chi connectivity index (χ4n) is 4.31. The first kappa shape index (κ1) is 23.2. The number of pyridine rings is 1. The molecule has 1 atom stereocenters. The van der Waals surface area contributed by atoms with Crippen molar-refractivity contribution < 1.29 is 9.13 Å². The minimum Gasteiger partial charge on any atom is -0.492 e. The molecule has 1 fully saturated rings. The van der Waals surface area contributed by atoms with Crippen LogP contribution in [0.5, 0.6) is 5.75 Å². The largest absolute Gasteiger partial charge is 0.492 e. The highest BCUT2D eigenvalue weighted by molar-refractivity contribution is 5.31. The van der Waals surface area contributed by atoms with Crippen LogP contribution in [-0.2, 0) is 5.41 Å². The molecule has 0 aliphatic carbocycles. The fraction of sp³-hybridized carbons (Fsp3) is 0.520. The highest BCUT2D eigenvalue weighted by Crippen LogP contribution is 2.36. The van der Waals surface area contributed by atoms with Crippen LogP contribution in [0, 0.1) is 23.1 Å². The number of ether oxygens (including phenoxy) is 1. The van der Waals surface area contributed by atoms with E-state index in [4.69, 9.17) is 4.74 Å². The molecule has 0 amide bonds. The molecule has 31 heavy (non-hydrogen) atoms. The number of piperazine rings is 1. The van der Waals surface area contributed by atoms with Crippen molar-refractivity contribution in [3.8, 4) is 11.8 Å². The molecule has 1 aliphatic heterocycles. The molecule has 6 heteroatoms. The molecule has 1 aromatic heterocycles. The van der Waals surface area contributed by atoms with Crippen molar-refractivity contribution in [1.29, 1.82) is 5.26 Å². The van der Waals surface area contributed by atoms with Crippen molar-refractivity contribution in [2.75, 3.05) is 45.9 Å². The van der Waals surface area contributed by atoms with Crippen LogP contribution in [-0.4, -0.2) is 60.7 Å². The topological polar surface area (TPSA) is 52.4 Å². The molecule has 1 saturated heterocycles. The zero-order chi connectivity index (χ0) is 22.1. The summed E-state index contributed by atoms with van der Waals surface area (Å²) in [6, 6.07) is 12.8. The zero-order valence-corrected chi connectivity index (χ0v) is 18.6. The number of halogens is 1. The van der Waals surface area contributed by atoms with Gasteiger partial charge in [-0.3, -0.25) is 9.88 Å². The Balaban J connectivity index is 1.39. The van der Waals surface area contributed by atoms with Gasteiger partial charge < -0.3 is 9.64 Å². The first-order valence-electron chi connectivity index (χ1n) is 11.2. The van der Waals surface area contributed by atoms with E-state index in [1.807, 2.05) is 12.1 Å². The van der Waals surface area contributed by atoms with Gasteiger partial charge in [-0.15, -0.1) is 0 Å². The Hall–Kier alpha value is -2.49. The lowest BCUT2D eigenvalue weighted by Crippen LogP contribution is -2.47. The van der Waals surface area contributed by atoms with Gasteiger partial charge in [0, 0.05) is 45.1 Å². The maximum absolute atomic E-state index is 12.9. The first-order valence-corrected chi connectivity index (χ1v) is 11.2. The highest BCUT2D eigenvalue weighted by Gasteiger charge is 2.35. The number of nitrogens with zero attached hydrogens (tertiary/aromatic N) is 4. The Morgan fingerprint density at radius 2 is 1.65 bits per heavy atom. The van der Waals surface area contributed by atoms with Gasteiger partial charge in [-0.05, 0) is 67.3 Å². The molecule has 1 unspecified atom stereocenters. The molecule has 5 nitrogen and oxygen atoms in total. The fourth-order valence-corrected chi connectivity index (χ4v) is 4.31. The first-order chi connectivity index (χ1) is 15.0. The molecular weight excluding hydrogens is 391 g/mol. The summed E-state index contributed by atoms with van der Waals surface area (Å²) in [4.78, 5) is 9.01. The van der Waals surface area contributed by atoms with E-state index in [0.717, 1.165) is 57.7 Å². The summed E-state index contributed by atoms with van der Waals surface area (Å²) >= 11 is 0. The number of hydrogen-bond acceptors (Lipinski definition) is 5. The summed E-state index contributed by atoms with van der Waals surface area (Å²) in [7, 11) is 0. The van der Waals surface area contributed by atoms with E-state index in [1.54, 1.807) is 24.5 Å². The van der Waals surface area contributed by atoms with Crippen LogP contribution in [0.25, 0.3) is 0 Å². The second-order valence-corrected chi connectivity index (χ2v) is 8.56. The van der Waals surface area contributed by atoms with Crippen molar-refractivity contribution in [2.24, 2.45) is 5.92 Å². The summed E-state index contributed by atoms with van der Waals surface area (Å²) in [6.07, 6.45) is 5.42. The Kier molecular flexibility index (Phi) is 8.39. The lowest BCUT2D eigenvalue weighted by Gasteiger charge is -2.36. The van der Waals surface area contributed by atoms with Gasteiger partial charge >= 0.3 is 0 Å². The smallest absolute Gasteiger partial charge is 0.123 e. The van der Waals surface area contributed by atoms with Crippen molar-refractivity contribution in [3.63, 3.8) is 0 Å². The van der Waals surface area contributed by atoms with Gasteiger partial charge in [0.15, 0.2) is 0 Å². The third-order valence-corrected chi connectivity index (χ3v) is 6.38. The summed E-state index contributed by atoms with van der Waals surface area (Å²) in [5.41, 5.74) is 0.619. The van der Waals surface area contributed by atoms with Gasteiger partial charge in [0.1, 0.15) is 18.2 Å². The quantitative estimate of drug-likeness (QED) is 0.574. The van der Waals surface area contributed by atoms with Crippen LogP contribution in [0.3, 0.4) is 0 Å². The van der Waals surface area contributed by atoms with Crippen molar-refractivity contribution in [3.05, 3.63) is 60.2 Å². The van der Waals surface area contributed by atoms with E-state index >= 15 is 0 Å². The summed E-state index contributed by atoms with van der Waals surface area (Å²) < 4.78 is 18.7. The van der Waals surface area contributed by atoms with Gasteiger partial charge in [-0.1, -0.05) is 13.8 Å². The molecule has 1 aliphatic rings. The maximum Gasteiger partial charge on any atom is 0.123 e. The molecule has 0 spiro atoms. The van der Waals surface area contributed by atoms with Crippen molar-refractivity contribution in [1.82, 2.24) is 14.8 Å². The molecule has 2 heterocycles. The molecule has 166 valence electrons. The monoisotopic (exact) mass is 424 g/mol. The average molecular weight is 425 g/mol. The molecule has 2 aromatic rings. The minimum absolute atomic E-state index is 0.246. The molecule has 1 aromatic carbocycles. The van der Waals surface area contributed by atoms with Gasteiger partial charge in [0.05, 0.1) is 11.5 Å². The number of nitriles is 1. The van der Waals surface area contributed by atoms with Crippen molar-refractivity contribution in [2.45, 2.75) is 32.1 Å². The lowest BCUT2D eigenvalue weighted by atomic mass is 9.70. The van der Waals surface area contributed by atoms with Crippen LogP contribution in [0.4, 0.5) is 4.39 Å². The van der Waals surface area contributed by atoms with Crippen molar-refractivity contribution >= 4 is 0 Å². The van der Waals surface area contributed by atoms with Crippen LogP contribution in [0.2, 0.25) is 0 Å². The SMILES string of the molecule is CC(C)C(C#N)(CCCN1CCN(CCOc2ccc(F)cc2)CC1)c1ccncc1. The molecule has 0 N–H and O–H groups in total. The van der Waals surface area contributed by atoms with E-state index in [0.29, 0.717) is 12.4 Å². The second-order valence-electron chi connectivity index (χ2n) is 8.56. The molecule has 3 rings (SSSR count). The van der Waals surface area contributed by atoms with Gasteiger partial charge in [0.25, 0.3) is 0 Å². The van der Waals surface area contributed by atoms with E-state index in [1.165, 1.54) is 12.1 Å². The number of benzene rings is 1. The minimum atomic E-state index is -0.456. The normalized spacial score (nSPS) is 17.3. The summed E-state index contributed by atoms with van der Waals surface area (Å²) in [5.74, 6) is 0.711. The number of aromatic nitrogens is 1. The number of hydrogen-bond donors (Lipinski definition) is 0. The predicted molar refractivity (Wildman–Crippen MR) is 120 cm³/mol. The molecule has 0 bridgehead atoms. The standard InChI is InChI=1S/C25H33FN4O/c1-21(2)25(20-27,22-8-11-28-12-9-22)10-3-13-29-14-16-30(17-15-29)18-19-31-24-6-4-23(26)5-7-24/h4-9,11-12,21H,3,10,13-19H2,1-2H3. The predicted octanol–water partition coefficient (Wildman–Crippen LogP) is 4.11. The summed E-state index contributed by atoms with van der Waals surface area (Å²) in [6.45, 7) is 10.9. The maximum atomic E-state index is 12.9. The average Bonchev–Trinajstić information content (AvgIpc) is 2.79. The lowest BCUT2D eigenvalue weighted by molar-refractivity contribution is 0.114. The third-order valence-electron chi connectivity index (χ3n) is 6.38. The number of rotatable bonds is 10. The Labute approximate surface area is 185 Å². The van der Waals surface area contributed by atoms with Crippen LogP contribution < -0.4 is 4.74 Å². The highest BCUT2D eigenvalue weighted by atomic mass is 19.1. The van der Waals surface area contributed by atoms with E-state index in [-0.39, 0.29) is 11.7 Å². The van der Waals surface area contributed by atoms with Crippen LogP contribution in [0.1, 0.15) is 32.3 Å². The van der Waals surface area contributed by atoms with E-state index in [9.17, 15) is 9.65 Å². The summed E-state index contributed by atoms with van der Waals surface area (Å²) in [5, 5.41) is 10.0. The van der Waals surface area contributed by atoms with E-state index in [2.05, 4.69) is 34.7 Å². The Morgan fingerprint density at radius 3 is 2.23 bits per heavy atom. The zero-order valence-electron chi connectivity index (χ0n) is 18.6.